The third-order valence-corrected chi connectivity index (χ3v) is 1.93. The summed E-state index contributed by atoms with van der Waals surface area (Å²) >= 11 is 0. The molecule has 4 heteroatoms. The number of amidine groups is 1. The molecule has 0 bridgehead atoms. The van der Waals surface area contributed by atoms with Crippen molar-refractivity contribution >= 4 is 18.2 Å². The number of benzene rings is 1. The van der Waals surface area contributed by atoms with Gasteiger partial charge in [0.2, 0.25) is 0 Å². The first-order chi connectivity index (χ1) is 6.81. The maximum absolute atomic E-state index is 5.08. The normalized spacial score (nSPS) is 10.5. The lowest BCUT2D eigenvalue weighted by Crippen LogP contribution is -2.23. The van der Waals surface area contributed by atoms with Crippen LogP contribution < -0.4 is 10.1 Å². The summed E-state index contributed by atoms with van der Waals surface area (Å²) in [6.07, 6.45) is 0. The molecule has 0 saturated heterocycles. The molecule has 0 aliphatic heterocycles. The van der Waals surface area contributed by atoms with Crippen LogP contribution in [0.4, 0.5) is 0 Å². The molecule has 3 nitrogen and oxygen atoms in total. The van der Waals surface area contributed by atoms with Gasteiger partial charge in [-0.1, -0.05) is 0 Å². The molecule has 0 spiro atoms. The zero-order valence-corrected chi connectivity index (χ0v) is 10.1. The van der Waals surface area contributed by atoms with Gasteiger partial charge in [0.15, 0.2) is 0 Å². The SMILES string of the molecule is CCNC(=NC)c1ccc(OC)cc1.Cl. The van der Waals surface area contributed by atoms with Crippen LogP contribution in [0.2, 0.25) is 0 Å². The van der Waals surface area contributed by atoms with E-state index >= 15 is 0 Å². The highest BCUT2D eigenvalue weighted by Crippen LogP contribution is 2.11. The van der Waals surface area contributed by atoms with Crippen LogP contribution >= 0.6 is 12.4 Å². The van der Waals surface area contributed by atoms with Crippen molar-refractivity contribution in [2.45, 2.75) is 6.92 Å². The van der Waals surface area contributed by atoms with Crippen LogP contribution in [0.3, 0.4) is 0 Å². The van der Waals surface area contributed by atoms with Crippen molar-refractivity contribution in [1.29, 1.82) is 0 Å². The smallest absolute Gasteiger partial charge is 0.127 e. The zero-order valence-electron chi connectivity index (χ0n) is 9.28. The fourth-order valence-corrected chi connectivity index (χ4v) is 1.23. The second-order valence-electron chi connectivity index (χ2n) is 2.83. The fraction of sp³-hybridized carbons (Fsp3) is 0.364. The van der Waals surface area contributed by atoms with Gasteiger partial charge in [0.1, 0.15) is 11.6 Å². The number of aliphatic imine (C=N–C) groups is 1. The van der Waals surface area contributed by atoms with Gasteiger partial charge in [0, 0.05) is 19.2 Å². The molecular formula is C11H17ClN2O. The number of hydrogen-bond acceptors (Lipinski definition) is 2. The number of methoxy groups -OCH3 is 1. The average molecular weight is 229 g/mol. The highest BCUT2D eigenvalue weighted by Gasteiger charge is 2.00. The number of ether oxygens (including phenoxy) is 1. The lowest BCUT2D eigenvalue weighted by atomic mass is 10.2. The molecule has 0 saturated carbocycles. The summed E-state index contributed by atoms with van der Waals surface area (Å²) < 4.78 is 5.08. The van der Waals surface area contributed by atoms with Crippen LogP contribution in [0.25, 0.3) is 0 Å². The Morgan fingerprint density at radius 3 is 2.33 bits per heavy atom. The van der Waals surface area contributed by atoms with Gasteiger partial charge < -0.3 is 10.1 Å². The lowest BCUT2D eigenvalue weighted by molar-refractivity contribution is 0.415. The van der Waals surface area contributed by atoms with Gasteiger partial charge in [0.05, 0.1) is 7.11 Å². The lowest BCUT2D eigenvalue weighted by Gasteiger charge is -2.07. The van der Waals surface area contributed by atoms with E-state index in [0.29, 0.717) is 0 Å². The van der Waals surface area contributed by atoms with Crippen LogP contribution in [-0.4, -0.2) is 26.5 Å². The van der Waals surface area contributed by atoms with Crippen molar-refractivity contribution in [2.75, 3.05) is 20.7 Å². The summed E-state index contributed by atoms with van der Waals surface area (Å²) in [5.41, 5.74) is 1.08. The van der Waals surface area contributed by atoms with Crippen LogP contribution in [0.1, 0.15) is 12.5 Å². The molecule has 1 N–H and O–H groups in total. The first-order valence-corrected chi connectivity index (χ1v) is 4.67. The number of hydrogen-bond donors (Lipinski definition) is 1. The monoisotopic (exact) mass is 228 g/mol. The Morgan fingerprint density at radius 2 is 1.93 bits per heavy atom. The Labute approximate surface area is 97.0 Å². The highest BCUT2D eigenvalue weighted by atomic mass is 35.5. The van der Waals surface area contributed by atoms with E-state index in [0.717, 1.165) is 23.7 Å². The van der Waals surface area contributed by atoms with E-state index in [1.54, 1.807) is 14.2 Å². The minimum atomic E-state index is 0. The van der Waals surface area contributed by atoms with Gasteiger partial charge in [0.25, 0.3) is 0 Å². The Balaban J connectivity index is 0.00000196. The van der Waals surface area contributed by atoms with Gasteiger partial charge >= 0.3 is 0 Å². The molecule has 0 radical (unpaired) electrons. The Morgan fingerprint density at radius 1 is 1.33 bits per heavy atom. The van der Waals surface area contributed by atoms with Crippen molar-refractivity contribution in [3.05, 3.63) is 29.8 Å². The largest absolute Gasteiger partial charge is 0.497 e. The predicted molar refractivity (Wildman–Crippen MR) is 66.4 cm³/mol. The maximum atomic E-state index is 5.08. The van der Waals surface area contributed by atoms with Crippen molar-refractivity contribution in [3.8, 4) is 5.75 Å². The molecule has 84 valence electrons. The second kappa shape index (κ2) is 7.12. The van der Waals surface area contributed by atoms with Gasteiger partial charge in [-0.3, -0.25) is 4.99 Å². The quantitative estimate of drug-likeness (QED) is 0.635. The van der Waals surface area contributed by atoms with E-state index in [1.807, 2.05) is 24.3 Å². The molecule has 0 aromatic heterocycles. The molecule has 1 aromatic carbocycles. The molecule has 0 amide bonds. The third kappa shape index (κ3) is 3.80. The predicted octanol–water partition coefficient (Wildman–Crippen LogP) is 2.10. The van der Waals surface area contributed by atoms with E-state index in [4.69, 9.17) is 4.74 Å². The molecule has 0 aliphatic carbocycles. The third-order valence-electron chi connectivity index (χ3n) is 1.93. The molecule has 0 aliphatic rings. The molecule has 1 aromatic rings. The standard InChI is InChI=1S/C11H16N2O.ClH/c1-4-13-11(12-2)9-5-7-10(14-3)8-6-9;/h5-8H,4H2,1-3H3,(H,12,13);1H. The first kappa shape index (κ1) is 13.8. The van der Waals surface area contributed by atoms with Gasteiger partial charge in [-0.05, 0) is 31.2 Å². The molecule has 0 fully saturated rings. The number of rotatable bonds is 3. The number of nitrogens with one attached hydrogen (secondary N) is 1. The number of halogens is 1. The van der Waals surface area contributed by atoms with Crippen molar-refractivity contribution in [1.82, 2.24) is 5.32 Å². The summed E-state index contributed by atoms with van der Waals surface area (Å²) in [5.74, 6) is 1.77. The summed E-state index contributed by atoms with van der Waals surface area (Å²) in [6.45, 7) is 2.92. The minimum absolute atomic E-state index is 0. The summed E-state index contributed by atoms with van der Waals surface area (Å²) in [4.78, 5) is 4.17. The van der Waals surface area contributed by atoms with Crippen molar-refractivity contribution < 1.29 is 4.74 Å². The van der Waals surface area contributed by atoms with Crippen LogP contribution in [-0.2, 0) is 0 Å². The van der Waals surface area contributed by atoms with Gasteiger partial charge in [-0.2, -0.15) is 0 Å². The number of nitrogens with zero attached hydrogens (tertiary/aromatic N) is 1. The van der Waals surface area contributed by atoms with E-state index in [-0.39, 0.29) is 12.4 Å². The molecular weight excluding hydrogens is 212 g/mol. The summed E-state index contributed by atoms with van der Waals surface area (Å²) in [7, 11) is 3.44. The van der Waals surface area contributed by atoms with Gasteiger partial charge in [-0.25, -0.2) is 0 Å². The topological polar surface area (TPSA) is 33.6 Å². The fourth-order valence-electron chi connectivity index (χ4n) is 1.23. The zero-order chi connectivity index (χ0) is 10.4. The second-order valence-corrected chi connectivity index (χ2v) is 2.83. The molecule has 15 heavy (non-hydrogen) atoms. The van der Waals surface area contributed by atoms with Crippen LogP contribution in [0, 0.1) is 0 Å². The highest BCUT2D eigenvalue weighted by molar-refractivity contribution is 5.98. The Kier molecular flexibility index (Phi) is 6.54. The van der Waals surface area contributed by atoms with Crippen molar-refractivity contribution in [2.24, 2.45) is 4.99 Å². The maximum Gasteiger partial charge on any atom is 0.127 e. The molecule has 0 unspecified atom stereocenters. The van der Waals surface area contributed by atoms with E-state index in [2.05, 4.69) is 17.2 Å². The average Bonchev–Trinajstić information content (AvgIpc) is 2.26. The van der Waals surface area contributed by atoms with Gasteiger partial charge in [-0.15, -0.1) is 12.4 Å². The van der Waals surface area contributed by atoms with E-state index in [1.165, 1.54) is 0 Å². The summed E-state index contributed by atoms with van der Waals surface area (Å²) in [5, 5.41) is 3.20. The first-order valence-electron chi connectivity index (χ1n) is 4.67. The Hall–Kier alpha value is -1.22. The molecule has 0 heterocycles. The van der Waals surface area contributed by atoms with Crippen molar-refractivity contribution in [3.63, 3.8) is 0 Å². The molecule has 1 rings (SSSR count). The van der Waals surface area contributed by atoms with E-state index < -0.39 is 0 Å². The van der Waals surface area contributed by atoms with Crippen LogP contribution in [0.5, 0.6) is 5.75 Å². The van der Waals surface area contributed by atoms with E-state index in [9.17, 15) is 0 Å². The minimum Gasteiger partial charge on any atom is -0.497 e. The molecule has 0 atom stereocenters. The summed E-state index contributed by atoms with van der Waals surface area (Å²) in [6, 6.07) is 7.84. The Bertz CT molecular complexity index is 309. The van der Waals surface area contributed by atoms with Crippen LogP contribution in [0.15, 0.2) is 29.3 Å².